The number of nitrogens with zero attached hydrogens (tertiary/aromatic N) is 2. The molecule has 0 bridgehead atoms. The van der Waals surface area contributed by atoms with E-state index in [4.69, 9.17) is 9.84 Å². The molecule has 2 aliphatic rings. The number of amides is 2. The first-order chi connectivity index (χ1) is 10.1. The van der Waals surface area contributed by atoms with Crippen molar-refractivity contribution in [2.24, 2.45) is 5.92 Å². The average molecular weight is 298 g/mol. The maximum Gasteiger partial charge on any atom is 0.320 e. The summed E-state index contributed by atoms with van der Waals surface area (Å²) in [5, 5.41) is 9.00. The second-order valence-electron chi connectivity index (χ2n) is 5.96. The molecule has 6 nitrogen and oxygen atoms in total. The van der Waals surface area contributed by atoms with Gasteiger partial charge in [-0.05, 0) is 32.1 Å². The molecule has 120 valence electrons. The number of hydrogen-bond acceptors (Lipinski definition) is 3. The zero-order valence-corrected chi connectivity index (χ0v) is 12.8. The number of hydrogen-bond donors (Lipinski definition) is 1. The lowest BCUT2D eigenvalue weighted by atomic mass is 9.97. The summed E-state index contributed by atoms with van der Waals surface area (Å²) in [4.78, 5) is 27.1. The summed E-state index contributed by atoms with van der Waals surface area (Å²) in [6, 6.07) is 0.0450. The highest BCUT2D eigenvalue weighted by Crippen LogP contribution is 2.21. The molecule has 1 atom stereocenters. The fraction of sp³-hybridized carbons (Fsp3) is 0.867. The quantitative estimate of drug-likeness (QED) is 0.859. The van der Waals surface area contributed by atoms with Crippen LogP contribution in [0.3, 0.4) is 0 Å². The normalized spacial score (nSPS) is 24.1. The van der Waals surface area contributed by atoms with Crippen LogP contribution in [-0.2, 0) is 9.53 Å². The molecule has 2 fully saturated rings. The molecule has 0 saturated carbocycles. The highest BCUT2D eigenvalue weighted by molar-refractivity contribution is 5.75. The molecular weight excluding hydrogens is 272 g/mol. The molecule has 1 N–H and O–H groups in total. The van der Waals surface area contributed by atoms with Crippen LogP contribution in [0.2, 0.25) is 0 Å². The van der Waals surface area contributed by atoms with E-state index >= 15 is 0 Å². The minimum atomic E-state index is -0.742. The van der Waals surface area contributed by atoms with Gasteiger partial charge in [0.15, 0.2) is 0 Å². The Hall–Kier alpha value is -1.30. The van der Waals surface area contributed by atoms with Gasteiger partial charge in [-0.3, -0.25) is 4.79 Å². The Morgan fingerprint density at radius 3 is 2.48 bits per heavy atom. The summed E-state index contributed by atoms with van der Waals surface area (Å²) in [7, 11) is 0. The van der Waals surface area contributed by atoms with Crippen molar-refractivity contribution in [1.29, 1.82) is 0 Å². The van der Waals surface area contributed by atoms with Gasteiger partial charge in [-0.2, -0.15) is 0 Å². The second kappa shape index (κ2) is 7.64. The van der Waals surface area contributed by atoms with Crippen LogP contribution in [0.4, 0.5) is 4.79 Å². The molecule has 0 radical (unpaired) electrons. The van der Waals surface area contributed by atoms with Gasteiger partial charge in [-0.1, -0.05) is 6.92 Å². The largest absolute Gasteiger partial charge is 0.481 e. The standard InChI is InChI=1S/C15H26N2O4/c1-2-10-21-13-4-3-7-17(11-13)15(20)16-8-5-12(6-9-16)14(18)19/h12-13H,2-11H2,1H3,(H,18,19). The van der Waals surface area contributed by atoms with Gasteiger partial charge in [0.2, 0.25) is 0 Å². The van der Waals surface area contributed by atoms with Crippen molar-refractivity contribution in [2.75, 3.05) is 32.8 Å². The Bertz CT molecular complexity index is 367. The third-order valence-corrected chi connectivity index (χ3v) is 4.32. The molecule has 2 amide bonds. The van der Waals surface area contributed by atoms with Gasteiger partial charge in [-0.25, -0.2) is 4.79 Å². The molecule has 1 unspecified atom stereocenters. The minimum absolute atomic E-state index is 0.0450. The molecule has 0 aromatic carbocycles. The van der Waals surface area contributed by atoms with E-state index in [1.807, 2.05) is 4.90 Å². The van der Waals surface area contributed by atoms with E-state index in [-0.39, 0.29) is 18.1 Å². The number of ether oxygens (including phenoxy) is 1. The number of piperidine rings is 2. The zero-order valence-electron chi connectivity index (χ0n) is 12.8. The van der Waals surface area contributed by atoms with E-state index in [0.717, 1.165) is 32.4 Å². The second-order valence-corrected chi connectivity index (χ2v) is 5.96. The van der Waals surface area contributed by atoms with E-state index in [1.54, 1.807) is 4.90 Å². The van der Waals surface area contributed by atoms with Crippen LogP contribution in [-0.4, -0.2) is 65.8 Å². The molecule has 2 rings (SSSR count). The van der Waals surface area contributed by atoms with E-state index in [0.29, 0.717) is 32.5 Å². The lowest BCUT2D eigenvalue weighted by molar-refractivity contribution is -0.143. The van der Waals surface area contributed by atoms with Gasteiger partial charge in [0.1, 0.15) is 0 Å². The van der Waals surface area contributed by atoms with Crippen LogP contribution in [0, 0.1) is 5.92 Å². The summed E-state index contributed by atoms with van der Waals surface area (Å²) >= 11 is 0. The van der Waals surface area contributed by atoms with Crippen molar-refractivity contribution in [2.45, 2.75) is 45.1 Å². The molecular formula is C15H26N2O4. The summed E-state index contributed by atoms with van der Waals surface area (Å²) in [5.74, 6) is -1.04. The highest BCUT2D eigenvalue weighted by Gasteiger charge is 2.31. The van der Waals surface area contributed by atoms with Crippen LogP contribution in [0.1, 0.15) is 39.0 Å². The highest BCUT2D eigenvalue weighted by atomic mass is 16.5. The molecule has 21 heavy (non-hydrogen) atoms. The first-order valence-electron chi connectivity index (χ1n) is 8.00. The van der Waals surface area contributed by atoms with Crippen molar-refractivity contribution < 1.29 is 19.4 Å². The number of urea groups is 1. The fourth-order valence-corrected chi connectivity index (χ4v) is 3.05. The third kappa shape index (κ3) is 4.33. The van der Waals surface area contributed by atoms with Crippen LogP contribution >= 0.6 is 0 Å². The number of aliphatic carboxylic acids is 1. The van der Waals surface area contributed by atoms with Gasteiger partial charge in [0.25, 0.3) is 0 Å². The Morgan fingerprint density at radius 2 is 1.86 bits per heavy atom. The zero-order chi connectivity index (χ0) is 15.2. The van der Waals surface area contributed by atoms with Crippen LogP contribution in [0.15, 0.2) is 0 Å². The van der Waals surface area contributed by atoms with Crippen molar-refractivity contribution in [1.82, 2.24) is 9.80 Å². The minimum Gasteiger partial charge on any atom is -0.481 e. The van der Waals surface area contributed by atoms with Crippen molar-refractivity contribution in [3.05, 3.63) is 0 Å². The Kier molecular flexibility index (Phi) is 5.85. The van der Waals surface area contributed by atoms with Crippen LogP contribution in [0.25, 0.3) is 0 Å². The third-order valence-electron chi connectivity index (χ3n) is 4.32. The van der Waals surface area contributed by atoms with Gasteiger partial charge < -0.3 is 19.6 Å². The molecule has 0 aliphatic carbocycles. The van der Waals surface area contributed by atoms with Crippen LogP contribution < -0.4 is 0 Å². The van der Waals surface area contributed by atoms with Crippen LogP contribution in [0.5, 0.6) is 0 Å². The lowest BCUT2D eigenvalue weighted by Gasteiger charge is -2.38. The first kappa shape index (κ1) is 16.1. The average Bonchev–Trinajstić information content (AvgIpc) is 2.52. The molecule has 0 spiro atoms. The monoisotopic (exact) mass is 298 g/mol. The van der Waals surface area contributed by atoms with E-state index in [9.17, 15) is 9.59 Å². The van der Waals surface area contributed by atoms with E-state index in [2.05, 4.69) is 6.92 Å². The van der Waals surface area contributed by atoms with Gasteiger partial charge in [0, 0.05) is 32.8 Å². The number of likely N-dealkylation sites (tertiary alicyclic amines) is 2. The predicted octanol–water partition coefficient (Wildman–Crippen LogP) is 1.79. The van der Waals surface area contributed by atoms with Crippen molar-refractivity contribution in [3.63, 3.8) is 0 Å². The SMILES string of the molecule is CCCOC1CCCN(C(=O)N2CCC(C(=O)O)CC2)C1. The maximum absolute atomic E-state index is 12.5. The smallest absolute Gasteiger partial charge is 0.320 e. The number of carboxylic acids is 1. The predicted molar refractivity (Wildman–Crippen MR) is 78.2 cm³/mol. The first-order valence-corrected chi connectivity index (χ1v) is 8.00. The number of carboxylic acid groups (broad SMARTS) is 1. The fourth-order valence-electron chi connectivity index (χ4n) is 3.05. The summed E-state index contributed by atoms with van der Waals surface area (Å²) in [6.45, 7) is 5.37. The van der Waals surface area contributed by atoms with Gasteiger partial charge in [0.05, 0.1) is 12.0 Å². The summed E-state index contributed by atoms with van der Waals surface area (Å²) < 4.78 is 5.76. The van der Waals surface area contributed by atoms with Crippen molar-refractivity contribution >= 4 is 12.0 Å². The number of carbonyl (C=O) groups is 2. The summed E-state index contributed by atoms with van der Waals surface area (Å²) in [6.07, 6.45) is 4.26. The topological polar surface area (TPSA) is 70.1 Å². The molecule has 2 aliphatic heterocycles. The maximum atomic E-state index is 12.5. The molecule has 6 heteroatoms. The number of carbonyl (C=O) groups excluding carboxylic acids is 1. The molecule has 0 aromatic heterocycles. The Labute approximate surface area is 126 Å². The van der Waals surface area contributed by atoms with Gasteiger partial charge >= 0.3 is 12.0 Å². The lowest BCUT2D eigenvalue weighted by Crippen LogP contribution is -2.51. The molecule has 2 heterocycles. The van der Waals surface area contributed by atoms with Gasteiger partial charge in [-0.15, -0.1) is 0 Å². The Balaban J connectivity index is 1.81. The van der Waals surface area contributed by atoms with E-state index in [1.165, 1.54) is 0 Å². The number of rotatable bonds is 4. The summed E-state index contributed by atoms with van der Waals surface area (Å²) in [5.41, 5.74) is 0. The molecule has 0 aromatic rings. The van der Waals surface area contributed by atoms with Crippen molar-refractivity contribution in [3.8, 4) is 0 Å². The Morgan fingerprint density at radius 1 is 1.14 bits per heavy atom. The molecule has 2 saturated heterocycles. The van der Waals surface area contributed by atoms with E-state index < -0.39 is 5.97 Å².